The molecule has 0 unspecified atom stereocenters. The molecule has 8 nitrogen and oxygen atoms in total. The molecule has 160 valence electrons. The Balaban J connectivity index is 1.76. The van der Waals surface area contributed by atoms with Gasteiger partial charge in [0.1, 0.15) is 22.7 Å². The standard InChI is InChI=1S/C22H25NO7/c1-11(20(25)26)23-17(24)10-28-16-9-15-14(7-8-22(2,3)30-15)19-18(16)12-5-4-6-13(12)21(27)29-19/h9,11H,4-8,10H2,1-3H3,(H,23,24)(H,25,26)/p-1/t11-/m0/s1. The van der Waals surface area contributed by atoms with Gasteiger partial charge in [0.05, 0.1) is 17.4 Å². The first-order valence-electron chi connectivity index (χ1n) is 10.1. The van der Waals surface area contributed by atoms with Crippen LogP contribution in [-0.2, 0) is 28.9 Å². The fraction of sp³-hybridized carbons (Fsp3) is 0.500. The molecule has 1 aliphatic carbocycles. The van der Waals surface area contributed by atoms with Crippen LogP contribution in [0.3, 0.4) is 0 Å². The number of carbonyl (C=O) groups is 2. The highest BCUT2D eigenvalue weighted by molar-refractivity contribution is 5.93. The quantitative estimate of drug-likeness (QED) is 0.726. The van der Waals surface area contributed by atoms with Crippen molar-refractivity contribution >= 4 is 22.8 Å². The SMILES string of the molecule is C[C@H](NC(=O)COc1cc2c(c3oc(=O)c4c(c13)CCC4)CCC(C)(C)O2)C(=O)[O-]. The molecule has 1 amide bonds. The summed E-state index contributed by atoms with van der Waals surface area (Å²) in [5.41, 5.74) is 2.12. The van der Waals surface area contributed by atoms with E-state index in [0.29, 0.717) is 40.9 Å². The van der Waals surface area contributed by atoms with Crippen molar-refractivity contribution in [3.05, 3.63) is 33.2 Å². The minimum Gasteiger partial charge on any atom is -0.548 e. The molecule has 0 bridgehead atoms. The highest BCUT2D eigenvalue weighted by Gasteiger charge is 2.32. The van der Waals surface area contributed by atoms with Gasteiger partial charge in [-0.2, -0.15) is 0 Å². The monoisotopic (exact) mass is 414 g/mol. The minimum atomic E-state index is -1.38. The maximum Gasteiger partial charge on any atom is 0.339 e. The van der Waals surface area contributed by atoms with E-state index >= 15 is 0 Å². The zero-order valence-corrected chi connectivity index (χ0v) is 17.3. The predicted molar refractivity (Wildman–Crippen MR) is 106 cm³/mol. The molecule has 0 radical (unpaired) electrons. The predicted octanol–water partition coefficient (Wildman–Crippen LogP) is 1.02. The number of carboxylic acids is 1. The number of hydrogen-bond acceptors (Lipinski definition) is 7. The maximum atomic E-state index is 12.5. The highest BCUT2D eigenvalue weighted by Crippen LogP contribution is 2.44. The van der Waals surface area contributed by atoms with E-state index in [4.69, 9.17) is 13.9 Å². The van der Waals surface area contributed by atoms with Gasteiger partial charge in [-0.3, -0.25) is 4.79 Å². The summed E-state index contributed by atoms with van der Waals surface area (Å²) in [5.74, 6) is -1.01. The van der Waals surface area contributed by atoms with E-state index in [1.807, 2.05) is 13.8 Å². The van der Waals surface area contributed by atoms with E-state index in [2.05, 4.69) is 5.32 Å². The van der Waals surface area contributed by atoms with Gasteiger partial charge in [0.15, 0.2) is 6.61 Å². The zero-order chi connectivity index (χ0) is 21.6. The lowest BCUT2D eigenvalue weighted by molar-refractivity contribution is -0.307. The molecule has 0 spiro atoms. The van der Waals surface area contributed by atoms with Crippen LogP contribution in [0.25, 0.3) is 11.0 Å². The molecule has 0 saturated heterocycles. The first-order chi connectivity index (χ1) is 14.2. The van der Waals surface area contributed by atoms with Gasteiger partial charge < -0.3 is 29.1 Å². The summed E-state index contributed by atoms with van der Waals surface area (Å²) >= 11 is 0. The minimum absolute atomic E-state index is 0.334. The van der Waals surface area contributed by atoms with Gasteiger partial charge in [0, 0.05) is 17.2 Å². The topological polar surface area (TPSA) is 118 Å². The van der Waals surface area contributed by atoms with Gasteiger partial charge in [-0.25, -0.2) is 4.79 Å². The van der Waals surface area contributed by atoms with Crippen molar-refractivity contribution in [2.75, 3.05) is 6.61 Å². The summed E-state index contributed by atoms with van der Waals surface area (Å²) in [6, 6.07) is 0.611. The third kappa shape index (κ3) is 3.62. The van der Waals surface area contributed by atoms with E-state index in [0.717, 1.165) is 30.4 Å². The summed E-state index contributed by atoms with van der Waals surface area (Å²) < 4.78 is 17.6. The third-order valence-corrected chi connectivity index (χ3v) is 5.72. The van der Waals surface area contributed by atoms with Gasteiger partial charge >= 0.3 is 5.63 Å². The summed E-state index contributed by atoms with van der Waals surface area (Å²) in [6.07, 6.45) is 3.71. The Bertz CT molecular complexity index is 1100. The Labute approximate surface area is 173 Å². The largest absolute Gasteiger partial charge is 0.548 e. The van der Waals surface area contributed by atoms with Crippen molar-refractivity contribution in [2.45, 2.75) is 64.5 Å². The first-order valence-corrected chi connectivity index (χ1v) is 10.1. The Morgan fingerprint density at radius 3 is 2.70 bits per heavy atom. The van der Waals surface area contributed by atoms with Crippen LogP contribution in [0.15, 0.2) is 15.3 Å². The van der Waals surface area contributed by atoms with E-state index in [-0.39, 0.29) is 17.8 Å². The van der Waals surface area contributed by atoms with E-state index in [9.17, 15) is 19.5 Å². The van der Waals surface area contributed by atoms with Crippen LogP contribution in [0.4, 0.5) is 0 Å². The zero-order valence-electron chi connectivity index (χ0n) is 17.3. The molecule has 0 fully saturated rings. The van der Waals surface area contributed by atoms with Gasteiger partial charge in [-0.1, -0.05) is 0 Å². The number of nitrogens with one attached hydrogen (secondary N) is 1. The van der Waals surface area contributed by atoms with Gasteiger partial charge in [0.25, 0.3) is 5.91 Å². The molecule has 8 heteroatoms. The molecule has 1 N–H and O–H groups in total. The van der Waals surface area contributed by atoms with Crippen molar-refractivity contribution in [1.82, 2.24) is 5.32 Å². The lowest BCUT2D eigenvalue weighted by Crippen LogP contribution is -2.47. The van der Waals surface area contributed by atoms with Crippen LogP contribution in [0, 0.1) is 0 Å². The summed E-state index contributed by atoms with van der Waals surface area (Å²) in [4.78, 5) is 35.5. The summed E-state index contributed by atoms with van der Waals surface area (Å²) in [5, 5.41) is 13.8. The number of hydrogen-bond donors (Lipinski definition) is 1. The molecular formula is C22H24NO7-. The summed E-state index contributed by atoms with van der Waals surface area (Å²) in [7, 11) is 0. The Kier molecular flexibility index (Phi) is 4.95. The molecule has 1 atom stereocenters. The van der Waals surface area contributed by atoms with Crippen molar-refractivity contribution in [3.63, 3.8) is 0 Å². The van der Waals surface area contributed by atoms with Crippen LogP contribution in [0.2, 0.25) is 0 Å². The average Bonchev–Trinajstić information content (AvgIpc) is 3.15. The molecule has 2 aliphatic rings. The van der Waals surface area contributed by atoms with Gasteiger partial charge in [-0.05, 0) is 58.4 Å². The smallest absolute Gasteiger partial charge is 0.339 e. The second kappa shape index (κ2) is 7.34. The molecular weight excluding hydrogens is 390 g/mol. The molecule has 1 aromatic carbocycles. The molecule has 30 heavy (non-hydrogen) atoms. The van der Waals surface area contributed by atoms with Gasteiger partial charge in [-0.15, -0.1) is 0 Å². The molecule has 1 aliphatic heterocycles. The second-order valence-electron chi connectivity index (χ2n) is 8.51. The lowest BCUT2D eigenvalue weighted by Gasteiger charge is -2.33. The number of carbonyl (C=O) groups excluding carboxylic acids is 2. The lowest BCUT2D eigenvalue weighted by atomic mass is 9.91. The Hall–Kier alpha value is -3.03. The van der Waals surface area contributed by atoms with Crippen LogP contribution < -0.4 is 25.5 Å². The van der Waals surface area contributed by atoms with E-state index in [1.54, 1.807) is 6.07 Å². The average molecular weight is 414 g/mol. The number of aliphatic carboxylic acids is 1. The van der Waals surface area contributed by atoms with Crippen LogP contribution >= 0.6 is 0 Å². The fourth-order valence-corrected chi connectivity index (χ4v) is 4.15. The third-order valence-electron chi connectivity index (χ3n) is 5.72. The van der Waals surface area contributed by atoms with Crippen molar-refractivity contribution < 1.29 is 28.6 Å². The van der Waals surface area contributed by atoms with Crippen LogP contribution in [0.1, 0.15) is 50.3 Å². The number of benzene rings is 1. The number of ether oxygens (including phenoxy) is 2. The Morgan fingerprint density at radius 2 is 1.97 bits per heavy atom. The van der Waals surface area contributed by atoms with Crippen LogP contribution in [-0.4, -0.2) is 30.1 Å². The molecule has 2 aromatic rings. The number of carboxylic acid groups (broad SMARTS) is 1. The normalized spacial score (nSPS) is 17.6. The molecule has 1 aromatic heterocycles. The number of fused-ring (bicyclic) bond motifs is 5. The number of aryl methyl sites for hydroxylation is 2. The number of rotatable bonds is 5. The first kappa shape index (κ1) is 20.3. The van der Waals surface area contributed by atoms with E-state index < -0.39 is 17.9 Å². The van der Waals surface area contributed by atoms with Gasteiger partial charge in [0.2, 0.25) is 0 Å². The fourth-order valence-electron chi connectivity index (χ4n) is 4.15. The number of amides is 1. The highest BCUT2D eigenvalue weighted by atomic mass is 16.5. The van der Waals surface area contributed by atoms with E-state index in [1.165, 1.54) is 6.92 Å². The second-order valence-corrected chi connectivity index (χ2v) is 8.51. The molecule has 0 saturated carbocycles. The molecule has 2 heterocycles. The van der Waals surface area contributed by atoms with Crippen molar-refractivity contribution in [3.8, 4) is 11.5 Å². The molecule has 4 rings (SSSR count). The van der Waals surface area contributed by atoms with Crippen LogP contribution in [0.5, 0.6) is 11.5 Å². The van der Waals surface area contributed by atoms with Crippen molar-refractivity contribution in [1.29, 1.82) is 0 Å². The maximum absolute atomic E-state index is 12.5. The van der Waals surface area contributed by atoms with Crippen molar-refractivity contribution in [2.24, 2.45) is 0 Å². The Morgan fingerprint density at radius 1 is 1.23 bits per heavy atom. The summed E-state index contributed by atoms with van der Waals surface area (Å²) in [6.45, 7) is 4.89.